The second kappa shape index (κ2) is 3.95. The Morgan fingerprint density at radius 3 is 2.84 bits per heavy atom. The molecule has 4 rings (SSSR count). The van der Waals surface area contributed by atoms with Gasteiger partial charge in [0.15, 0.2) is 0 Å². The van der Waals surface area contributed by atoms with E-state index in [1.807, 2.05) is 54.7 Å². The van der Waals surface area contributed by atoms with Crippen molar-refractivity contribution in [3.05, 3.63) is 66.9 Å². The quantitative estimate of drug-likeness (QED) is 0.494. The van der Waals surface area contributed by atoms with Crippen LogP contribution in [0.5, 0.6) is 0 Å². The third-order valence-electron chi connectivity index (χ3n) is 3.28. The predicted molar refractivity (Wildman–Crippen MR) is 75.8 cm³/mol. The summed E-state index contributed by atoms with van der Waals surface area (Å²) in [6.45, 7) is 0. The van der Waals surface area contributed by atoms with Crippen molar-refractivity contribution >= 4 is 21.9 Å². The van der Waals surface area contributed by atoms with Crippen LogP contribution in [0.1, 0.15) is 0 Å². The number of pyridine rings is 1. The maximum atomic E-state index is 5.87. The molecule has 2 aromatic carbocycles. The fourth-order valence-corrected chi connectivity index (χ4v) is 2.45. The van der Waals surface area contributed by atoms with Gasteiger partial charge in [-0.2, -0.15) is 0 Å². The molecular formula is C17H10NO. The third kappa shape index (κ3) is 1.54. The Balaban J connectivity index is 2.17. The summed E-state index contributed by atoms with van der Waals surface area (Å²) < 4.78 is 5.87. The first-order valence-electron chi connectivity index (χ1n) is 6.16. The summed E-state index contributed by atoms with van der Waals surface area (Å²) >= 11 is 0. The zero-order valence-electron chi connectivity index (χ0n) is 10.1. The normalized spacial score (nSPS) is 11.2. The molecule has 0 saturated carbocycles. The van der Waals surface area contributed by atoms with Crippen LogP contribution in [0.4, 0.5) is 0 Å². The largest absolute Gasteiger partial charge is 0.456 e. The van der Waals surface area contributed by atoms with Gasteiger partial charge in [-0.05, 0) is 36.4 Å². The SMILES string of the molecule is [c]1ccc2oc3cccc(-c4ccccn4)c3c2c1. The second-order valence-electron chi connectivity index (χ2n) is 4.42. The predicted octanol–water partition coefficient (Wildman–Crippen LogP) is 4.45. The summed E-state index contributed by atoms with van der Waals surface area (Å²) in [5, 5.41) is 2.19. The zero-order valence-corrected chi connectivity index (χ0v) is 10.1. The molecule has 2 aromatic heterocycles. The summed E-state index contributed by atoms with van der Waals surface area (Å²) in [5.74, 6) is 0. The van der Waals surface area contributed by atoms with Gasteiger partial charge < -0.3 is 4.42 Å². The van der Waals surface area contributed by atoms with Crippen molar-refractivity contribution in [1.29, 1.82) is 0 Å². The van der Waals surface area contributed by atoms with Crippen molar-refractivity contribution in [1.82, 2.24) is 4.98 Å². The monoisotopic (exact) mass is 244 g/mol. The minimum absolute atomic E-state index is 0.886. The number of rotatable bonds is 1. The molecule has 1 radical (unpaired) electrons. The van der Waals surface area contributed by atoms with Crippen LogP contribution in [0.15, 0.2) is 65.2 Å². The lowest BCUT2D eigenvalue weighted by atomic mass is 10.0. The van der Waals surface area contributed by atoms with Crippen molar-refractivity contribution in [3.8, 4) is 11.3 Å². The maximum absolute atomic E-state index is 5.87. The van der Waals surface area contributed by atoms with E-state index in [1.165, 1.54) is 0 Å². The Morgan fingerprint density at radius 1 is 0.947 bits per heavy atom. The molecule has 0 spiro atoms. The van der Waals surface area contributed by atoms with E-state index < -0.39 is 0 Å². The first-order chi connectivity index (χ1) is 9.43. The molecule has 0 unspecified atom stereocenters. The highest BCUT2D eigenvalue weighted by Crippen LogP contribution is 2.35. The maximum Gasteiger partial charge on any atom is 0.136 e. The first-order valence-corrected chi connectivity index (χ1v) is 6.16. The molecule has 0 fully saturated rings. The van der Waals surface area contributed by atoms with Gasteiger partial charge in [0.1, 0.15) is 11.2 Å². The average Bonchev–Trinajstić information content (AvgIpc) is 2.86. The van der Waals surface area contributed by atoms with Crippen molar-refractivity contribution < 1.29 is 4.42 Å². The van der Waals surface area contributed by atoms with E-state index in [4.69, 9.17) is 4.42 Å². The topological polar surface area (TPSA) is 26.0 Å². The number of benzene rings is 2. The van der Waals surface area contributed by atoms with Gasteiger partial charge in [-0.3, -0.25) is 4.98 Å². The van der Waals surface area contributed by atoms with Crippen LogP contribution in [0.3, 0.4) is 0 Å². The Bertz CT molecular complexity index is 862. The zero-order chi connectivity index (χ0) is 12.7. The van der Waals surface area contributed by atoms with Gasteiger partial charge in [0, 0.05) is 22.5 Å². The molecule has 0 saturated heterocycles. The lowest BCUT2D eigenvalue weighted by Crippen LogP contribution is -1.82. The first kappa shape index (κ1) is 10.3. The van der Waals surface area contributed by atoms with Gasteiger partial charge in [-0.1, -0.05) is 24.3 Å². The molecule has 89 valence electrons. The number of furan rings is 1. The van der Waals surface area contributed by atoms with Crippen LogP contribution in [-0.2, 0) is 0 Å². The van der Waals surface area contributed by atoms with Crippen LogP contribution in [-0.4, -0.2) is 4.98 Å². The van der Waals surface area contributed by atoms with Crippen LogP contribution >= 0.6 is 0 Å². The summed E-state index contributed by atoms with van der Waals surface area (Å²) in [6.07, 6.45) is 1.81. The van der Waals surface area contributed by atoms with Crippen molar-refractivity contribution in [2.45, 2.75) is 0 Å². The van der Waals surface area contributed by atoms with Crippen LogP contribution in [0.25, 0.3) is 33.2 Å². The van der Waals surface area contributed by atoms with Crippen molar-refractivity contribution in [2.24, 2.45) is 0 Å². The average molecular weight is 244 g/mol. The molecule has 0 aliphatic rings. The van der Waals surface area contributed by atoms with Crippen LogP contribution < -0.4 is 0 Å². The third-order valence-corrected chi connectivity index (χ3v) is 3.28. The van der Waals surface area contributed by atoms with E-state index >= 15 is 0 Å². The summed E-state index contributed by atoms with van der Waals surface area (Å²) in [6, 6.07) is 20.9. The second-order valence-corrected chi connectivity index (χ2v) is 4.42. The lowest BCUT2D eigenvalue weighted by molar-refractivity contribution is 0.669. The van der Waals surface area contributed by atoms with Gasteiger partial charge in [-0.15, -0.1) is 0 Å². The molecule has 4 aromatic rings. The van der Waals surface area contributed by atoms with Gasteiger partial charge in [0.05, 0.1) is 5.69 Å². The summed E-state index contributed by atoms with van der Waals surface area (Å²) in [5.41, 5.74) is 3.82. The smallest absolute Gasteiger partial charge is 0.136 e. The molecule has 0 aliphatic heterocycles. The molecule has 2 heterocycles. The minimum atomic E-state index is 0.886. The van der Waals surface area contributed by atoms with Crippen LogP contribution in [0, 0.1) is 6.07 Å². The van der Waals surface area contributed by atoms with Crippen molar-refractivity contribution in [2.75, 3.05) is 0 Å². The molecule has 2 nitrogen and oxygen atoms in total. The molecule has 2 heteroatoms. The van der Waals surface area contributed by atoms with E-state index in [9.17, 15) is 0 Å². The molecule has 0 bridgehead atoms. The number of fused-ring (bicyclic) bond motifs is 3. The van der Waals surface area contributed by atoms with E-state index in [0.717, 1.165) is 33.2 Å². The minimum Gasteiger partial charge on any atom is -0.456 e. The molecule has 19 heavy (non-hydrogen) atoms. The standard InChI is InChI=1S/C17H10NO/c1-2-9-15-13(6-1)17-12(7-5-10-16(17)19-15)14-8-3-4-11-18-14/h2-11H. The van der Waals surface area contributed by atoms with Gasteiger partial charge in [0.25, 0.3) is 0 Å². The number of hydrogen-bond donors (Lipinski definition) is 0. The van der Waals surface area contributed by atoms with E-state index in [0.29, 0.717) is 0 Å². The number of aromatic nitrogens is 1. The van der Waals surface area contributed by atoms with Crippen molar-refractivity contribution in [3.63, 3.8) is 0 Å². The molecule has 0 N–H and O–H groups in total. The fraction of sp³-hybridized carbons (Fsp3) is 0. The molecule has 0 atom stereocenters. The molecule has 0 aliphatic carbocycles. The van der Waals surface area contributed by atoms with E-state index in [2.05, 4.69) is 17.1 Å². The highest BCUT2D eigenvalue weighted by molar-refractivity contribution is 6.11. The number of hydrogen-bond acceptors (Lipinski definition) is 2. The highest BCUT2D eigenvalue weighted by Gasteiger charge is 2.11. The Morgan fingerprint density at radius 2 is 1.95 bits per heavy atom. The fourth-order valence-electron chi connectivity index (χ4n) is 2.45. The Hall–Kier alpha value is -2.61. The van der Waals surface area contributed by atoms with Gasteiger partial charge in [-0.25, -0.2) is 0 Å². The highest BCUT2D eigenvalue weighted by atomic mass is 16.3. The Kier molecular flexibility index (Phi) is 2.15. The molecular weight excluding hydrogens is 234 g/mol. The summed E-state index contributed by atoms with van der Waals surface area (Å²) in [4.78, 5) is 4.43. The number of nitrogens with zero attached hydrogens (tertiary/aromatic N) is 1. The van der Waals surface area contributed by atoms with E-state index in [1.54, 1.807) is 0 Å². The summed E-state index contributed by atoms with van der Waals surface area (Å²) in [7, 11) is 0. The van der Waals surface area contributed by atoms with Gasteiger partial charge in [0.2, 0.25) is 0 Å². The molecule has 0 amide bonds. The van der Waals surface area contributed by atoms with Gasteiger partial charge >= 0.3 is 0 Å². The Labute approximate surface area is 110 Å². The van der Waals surface area contributed by atoms with Crippen LogP contribution in [0.2, 0.25) is 0 Å². The lowest BCUT2D eigenvalue weighted by Gasteiger charge is -2.01. The van der Waals surface area contributed by atoms with E-state index in [-0.39, 0.29) is 0 Å².